The number of carbonyl (C=O) groups is 1. The first-order valence-corrected chi connectivity index (χ1v) is 11.3. The molecule has 8 heteroatoms. The number of nitrogens with one attached hydrogen (secondary N) is 1. The maximum absolute atomic E-state index is 13.3. The first-order valence-electron chi connectivity index (χ1n) is 11.3. The predicted octanol–water partition coefficient (Wildman–Crippen LogP) is 4.07. The van der Waals surface area contributed by atoms with Crippen LogP contribution in [0.15, 0.2) is 55.0 Å². The smallest absolute Gasteiger partial charge is 0.233 e. The molecule has 0 bridgehead atoms. The number of aryl methyl sites for hydroxylation is 1. The number of hydrogen-bond donors (Lipinski definition) is 1. The molecule has 34 heavy (non-hydrogen) atoms. The van der Waals surface area contributed by atoms with Gasteiger partial charge in [-0.05, 0) is 12.5 Å². The molecule has 3 heterocycles. The van der Waals surface area contributed by atoms with E-state index < -0.39 is 5.41 Å². The van der Waals surface area contributed by atoms with E-state index in [0.717, 1.165) is 39.8 Å². The minimum atomic E-state index is -0.465. The molecule has 1 N–H and O–H groups in total. The third-order valence-electron chi connectivity index (χ3n) is 7.26. The van der Waals surface area contributed by atoms with E-state index in [1.807, 2.05) is 55.7 Å². The second-order valence-electron chi connectivity index (χ2n) is 9.49. The summed E-state index contributed by atoms with van der Waals surface area (Å²) in [6, 6.07) is 13.7. The Balaban J connectivity index is 1.46. The average Bonchev–Trinajstić information content (AvgIpc) is 3.10. The van der Waals surface area contributed by atoms with Crippen LogP contribution >= 0.6 is 0 Å². The van der Waals surface area contributed by atoms with Crippen LogP contribution in [0.25, 0.3) is 33.4 Å². The van der Waals surface area contributed by atoms with Gasteiger partial charge in [0.1, 0.15) is 17.8 Å². The molecule has 2 unspecified atom stereocenters. The van der Waals surface area contributed by atoms with Gasteiger partial charge in [-0.25, -0.2) is 9.97 Å². The fourth-order valence-electron chi connectivity index (χ4n) is 5.18. The van der Waals surface area contributed by atoms with E-state index in [2.05, 4.69) is 22.2 Å². The molecule has 4 aromatic rings. The molecule has 1 saturated carbocycles. The first-order chi connectivity index (χ1) is 16.4. The van der Waals surface area contributed by atoms with Gasteiger partial charge in [0.2, 0.25) is 5.91 Å². The summed E-state index contributed by atoms with van der Waals surface area (Å²) in [5.74, 6) is 0.521. The van der Waals surface area contributed by atoms with Crippen LogP contribution in [-0.4, -0.2) is 46.0 Å². The van der Waals surface area contributed by atoms with Gasteiger partial charge in [-0.2, -0.15) is 5.10 Å². The van der Waals surface area contributed by atoms with Gasteiger partial charge in [0, 0.05) is 41.2 Å². The van der Waals surface area contributed by atoms with E-state index in [9.17, 15) is 4.79 Å². The third kappa shape index (κ3) is 3.02. The van der Waals surface area contributed by atoms with Crippen molar-refractivity contribution in [3.63, 3.8) is 0 Å². The monoisotopic (exact) mass is 455 g/mol. The highest BCUT2D eigenvalue weighted by Crippen LogP contribution is 2.67. The van der Waals surface area contributed by atoms with Crippen molar-refractivity contribution in [2.75, 3.05) is 25.6 Å². The van der Waals surface area contributed by atoms with Crippen molar-refractivity contribution in [1.82, 2.24) is 19.7 Å². The molecule has 1 aliphatic carbocycles. The van der Waals surface area contributed by atoms with Crippen LogP contribution in [0.4, 0.5) is 5.69 Å². The lowest BCUT2D eigenvalue weighted by molar-refractivity contribution is -0.122. The Kier molecular flexibility index (Phi) is 4.50. The Bertz CT molecular complexity index is 1430. The molecule has 0 radical (unpaired) electrons. The topological polar surface area (TPSA) is 91.2 Å². The summed E-state index contributed by atoms with van der Waals surface area (Å²) in [6.07, 6.45) is 4.34. The molecule has 172 valence electrons. The lowest BCUT2D eigenvalue weighted by Gasteiger charge is -2.17. The number of fused-ring (bicyclic) bond motifs is 2. The number of rotatable bonds is 5. The maximum atomic E-state index is 13.3. The van der Waals surface area contributed by atoms with E-state index in [0.29, 0.717) is 24.7 Å². The van der Waals surface area contributed by atoms with E-state index in [-0.39, 0.29) is 11.3 Å². The van der Waals surface area contributed by atoms with Crippen molar-refractivity contribution < 1.29 is 14.3 Å². The molecule has 2 atom stereocenters. The van der Waals surface area contributed by atoms with Crippen LogP contribution in [0.5, 0.6) is 5.75 Å². The van der Waals surface area contributed by atoms with Crippen molar-refractivity contribution in [2.45, 2.75) is 13.3 Å². The van der Waals surface area contributed by atoms with Crippen molar-refractivity contribution in [2.24, 2.45) is 17.9 Å². The van der Waals surface area contributed by atoms with Gasteiger partial charge >= 0.3 is 0 Å². The number of nitrogens with zero attached hydrogens (tertiary/aromatic N) is 4. The number of hydrogen-bond acceptors (Lipinski definition) is 6. The van der Waals surface area contributed by atoms with Crippen LogP contribution in [0.1, 0.15) is 13.3 Å². The Morgan fingerprint density at radius 3 is 2.68 bits per heavy atom. The Morgan fingerprint density at radius 2 is 1.97 bits per heavy atom. The van der Waals surface area contributed by atoms with Crippen molar-refractivity contribution in [3.05, 3.63) is 55.0 Å². The summed E-state index contributed by atoms with van der Waals surface area (Å²) in [6.45, 7) is 3.18. The highest BCUT2D eigenvalue weighted by Gasteiger charge is 2.72. The van der Waals surface area contributed by atoms with Crippen LogP contribution in [0.3, 0.4) is 0 Å². The van der Waals surface area contributed by atoms with Crippen LogP contribution in [0, 0.1) is 10.8 Å². The first kappa shape index (κ1) is 20.8. The number of anilines is 1. The summed E-state index contributed by atoms with van der Waals surface area (Å²) >= 11 is 0. The Morgan fingerprint density at radius 1 is 1.15 bits per heavy atom. The molecule has 1 amide bonds. The number of ether oxygens (including phenoxy) is 2. The molecule has 2 aliphatic rings. The number of aromatic nitrogens is 4. The van der Waals surface area contributed by atoms with Crippen LogP contribution in [-0.2, 0) is 16.6 Å². The fraction of sp³-hybridized carbons (Fsp3) is 0.308. The van der Waals surface area contributed by atoms with Gasteiger partial charge in [-0.15, -0.1) is 0 Å². The van der Waals surface area contributed by atoms with Gasteiger partial charge in [-0.3, -0.25) is 9.48 Å². The summed E-state index contributed by atoms with van der Waals surface area (Å²) in [5.41, 5.74) is 4.23. The Labute approximate surface area is 196 Å². The zero-order valence-corrected chi connectivity index (χ0v) is 19.3. The van der Waals surface area contributed by atoms with Gasteiger partial charge < -0.3 is 14.8 Å². The highest BCUT2D eigenvalue weighted by molar-refractivity contribution is 6.04. The standard InChI is InChI=1S/C26H25N5O3/c1-25-12-26(25,14-34-13-25)24(32)29-20-9-17-19(10-21(20)33-3)27-15-28-23(17)18-11-31(2)30-22(18)16-7-5-4-6-8-16/h4-11,15H,12-14H2,1-3H3,(H,29,32). The summed E-state index contributed by atoms with van der Waals surface area (Å²) in [4.78, 5) is 22.4. The second-order valence-corrected chi connectivity index (χ2v) is 9.49. The molecule has 1 saturated heterocycles. The van der Waals surface area contributed by atoms with Crippen LogP contribution in [0.2, 0.25) is 0 Å². The minimum absolute atomic E-state index is 0.0325. The average molecular weight is 456 g/mol. The highest BCUT2D eigenvalue weighted by atomic mass is 16.5. The molecule has 2 fully saturated rings. The third-order valence-corrected chi connectivity index (χ3v) is 7.26. The van der Waals surface area contributed by atoms with Gasteiger partial charge in [0.05, 0.1) is 42.6 Å². The SMILES string of the molecule is COc1cc2ncnc(-c3cn(C)nc3-c3ccccc3)c2cc1NC(=O)C12COCC1(C)C2. The number of benzene rings is 2. The summed E-state index contributed by atoms with van der Waals surface area (Å²) < 4.78 is 13.0. The predicted molar refractivity (Wildman–Crippen MR) is 128 cm³/mol. The molecule has 0 spiro atoms. The summed E-state index contributed by atoms with van der Waals surface area (Å²) in [7, 11) is 3.48. The number of carbonyl (C=O) groups excluding carboxylic acids is 1. The van der Waals surface area contributed by atoms with Crippen LogP contribution < -0.4 is 10.1 Å². The molecule has 1 aliphatic heterocycles. The van der Waals surface area contributed by atoms with Crippen molar-refractivity contribution in [3.8, 4) is 28.3 Å². The number of methoxy groups -OCH3 is 1. The molecule has 8 nitrogen and oxygen atoms in total. The van der Waals surface area contributed by atoms with Crippen molar-refractivity contribution in [1.29, 1.82) is 0 Å². The lowest BCUT2D eigenvalue weighted by atomic mass is 9.97. The largest absolute Gasteiger partial charge is 0.494 e. The molecule has 2 aromatic carbocycles. The maximum Gasteiger partial charge on any atom is 0.233 e. The molecule has 6 rings (SSSR count). The van der Waals surface area contributed by atoms with Gasteiger partial charge in [0.15, 0.2) is 0 Å². The quantitative estimate of drug-likeness (QED) is 0.488. The lowest BCUT2D eigenvalue weighted by Crippen LogP contribution is -2.29. The normalized spacial score (nSPS) is 23.0. The summed E-state index contributed by atoms with van der Waals surface area (Å²) in [5, 5.41) is 8.61. The molecular formula is C26H25N5O3. The molecular weight excluding hydrogens is 430 g/mol. The van der Waals surface area contributed by atoms with E-state index >= 15 is 0 Å². The second kappa shape index (κ2) is 7.36. The molecule has 2 aromatic heterocycles. The Hall–Kier alpha value is -3.78. The number of amides is 1. The minimum Gasteiger partial charge on any atom is -0.494 e. The zero-order valence-electron chi connectivity index (χ0n) is 19.3. The van der Waals surface area contributed by atoms with Crippen molar-refractivity contribution >= 4 is 22.5 Å². The van der Waals surface area contributed by atoms with Gasteiger partial charge in [-0.1, -0.05) is 37.3 Å². The van der Waals surface area contributed by atoms with E-state index in [1.165, 1.54) is 0 Å². The van der Waals surface area contributed by atoms with Gasteiger partial charge in [0.25, 0.3) is 0 Å². The van der Waals surface area contributed by atoms with E-state index in [1.54, 1.807) is 18.1 Å². The zero-order chi connectivity index (χ0) is 23.5. The fourth-order valence-corrected chi connectivity index (χ4v) is 5.18. The van der Waals surface area contributed by atoms with E-state index in [4.69, 9.17) is 14.6 Å².